The van der Waals surface area contributed by atoms with Crippen LogP contribution in [0.1, 0.15) is 35.9 Å². The quantitative estimate of drug-likeness (QED) is 0.554. The Morgan fingerprint density at radius 3 is 2.47 bits per heavy atom. The van der Waals surface area contributed by atoms with E-state index in [2.05, 4.69) is 56.9 Å². The van der Waals surface area contributed by atoms with E-state index >= 15 is 0 Å². The Bertz CT molecular complexity index is 1140. The molecule has 2 aromatic carbocycles. The van der Waals surface area contributed by atoms with Gasteiger partial charge in [0.25, 0.3) is 5.91 Å². The first-order chi connectivity index (χ1) is 15.5. The predicted octanol–water partition coefficient (Wildman–Crippen LogP) is 2.37. The summed E-state index contributed by atoms with van der Waals surface area (Å²) in [5.74, 6) is -0.467. The molecule has 1 saturated heterocycles. The maximum absolute atomic E-state index is 13.2. The maximum atomic E-state index is 13.2. The van der Waals surface area contributed by atoms with Crippen LogP contribution in [0.4, 0.5) is 0 Å². The predicted molar refractivity (Wildman–Crippen MR) is 121 cm³/mol. The molecule has 0 saturated carbocycles. The van der Waals surface area contributed by atoms with Gasteiger partial charge >= 0.3 is 5.69 Å². The highest BCUT2D eigenvalue weighted by molar-refractivity contribution is 5.91. The third kappa shape index (κ3) is 4.49. The lowest BCUT2D eigenvalue weighted by molar-refractivity contribution is -0.133. The highest BCUT2D eigenvalue weighted by Crippen LogP contribution is 2.35. The zero-order chi connectivity index (χ0) is 22.6. The molecule has 1 aliphatic rings. The fraction of sp³-hybridized carbons (Fsp3) is 0.333. The minimum Gasteiger partial charge on any atom is -0.356 e. The first-order valence-corrected chi connectivity index (χ1v) is 10.9. The second kappa shape index (κ2) is 9.21. The summed E-state index contributed by atoms with van der Waals surface area (Å²) in [6.07, 6.45) is 1.90. The number of amides is 2. The van der Waals surface area contributed by atoms with E-state index in [1.54, 1.807) is 4.90 Å². The number of carbonyl (C=O) groups excluding carboxylic acids is 2. The number of hydrogen-bond acceptors (Lipinski definition) is 4. The van der Waals surface area contributed by atoms with E-state index in [1.165, 1.54) is 0 Å². The minimum absolute atomic E-state index is 0.0334. The van der Waals surface area contributed by atoms with E-state index in [-0.39, 0.29) is 24.2 Å². The molecule has 166 valence electrons. The zero-order valence-corrected chi connectivity index (χ0v) is 18.1. The average molecular weight is 434 g/mol. The Morgan fingerprint density at radius 2 is 1.81 bits per heavy atom. The standard InChI is InChI=1S/C24H27N5O3/c1-2-25-22(31)24(13-6-14-29(16-24)21(30)20-26-23(32)28-27-20)15-17-9-11-19(12-10-17)18-7-4-3-5-8-18/h3-5,7-12H,2,6,13-16H2,1H3,(H,25,31)(H2,26,27,28,32)/t24-/m1/s1. The van der Waals surface area contributed by atoms with Crippen LogP contribution in [0.2, 0.25) is 0 Å². The van der Waals surface area contributed by atoms with Crippen LogP contribution in [-0.2, 0) is 11.2 Å². The van der Waals surface area contributed by atoms with Crippen molar-refractivity contribution >= 4 is 11.8 Å². The maximum Gasteiger partial charge on any atom is 0.341 e. The van der Waals surface area contributed by atoms with Crippen molar-refractivity contribution in [1.29, 1.82) is 0 Å². The molecule has 0 spiro atoms. The van der Waals surface area contributed by atoms with Crippen molar-refractivity contribution in [3.63, 3.8) is 0 Å². The Morgan fingerprint density at radius 1 is 1.09 bits per heavy atom. The van der Waals surface area contributed by atoms with E-state index in [1.807, 2.05) is 25.1 Å². The number of hydrogen-bond donors (Lipinski definition) is 3. The third-order valence-electron chi connectivity index (χ3n) is 5.99. The molecule has 3 N–H and O–H groups in total. The van der Waals surface area contributed by atoms with Crippen LogP contribution in [0, 0.1) is 5.41 Å². The van der Waals surface area contributed by atoms with Gasteiger partial charge in [0.1, 0.15) is 0 Å². The topological polar surface area (TPSA) is 111 Å². The van der Waals surface area contributed by atoms with Crippen LogP contribution in [0.3, 0.4) is 0 Å². The molecule has 1 aromatic heterocycles. The van der Waals surface area contributed by atoms with Gasteiger partial charge in [-0.15, -0.1) is 5.10 Å². The van der Waals surface area contributed by atoms with Crippen LogP contribution in [0.5, 0.6) is 0 Å². The fourth-order valence-electron chi connectivity index (χ4n) is 4.42. The number of aromatic nitrogens is 3. The van der Waals surface area contributed by atoms with E-state index in [0.29, 0.717) is 32.4 Å². The minimum atomic E-state index is -0.741. The third-order valence-corrected chi connectivity index (χ3v) is 5.99. The zero-order valence-electron chi connectivity index (χ0n) is 18.1. The first kappa shape index (κ1) is 21.5. The van der Waals surface area contributed by atoms with Crippen molar-refractivity contribution in [3.05, 3.63) is 76.5 Å². The number of carbonyl (C=O) groups is 2. The first-order valence-electron chi connectivity index (χ1n) is 10.9. The molecular formula is C24H27N5O3. The van der Waals surface area contributed by atoms with Crippen molar-refractivity contribution in [1.82, 2.24) is 25.4 Å². The Labute approximate surface area is 186 Å². The molecule has 1 aliphatic heterocycles. The van der Waals surface area contributed by atoms with E-state index in [4.69, 9.17) is 0 Å². The SMILES string of the molecule is CCNC(=O)[C@@]1(Cc2ccc(-c3ccccc3)cc2)CCCN(C(=O)c2n[nH]c(=O)[nH]2)C1. The number of H-pyrrole nitrogens is 2. The smallest absolute Gasteiger partial charge is 0.341 e. The summed E-state index contributed by atoms with van der Waals surface area (Å²) in [5.41, 5.74) is 2.02. The molecule has 0 unspecified atom stereocenters. The summed E-state index contributed by atoms with van der Waals surface area (Å²) in [4.78, 5) is 41.5. The van der Waals surface area contributed by atoms with Crippen LogP contribution in [0.15, 0.2) is 59.4 Å². The van der Waals surface area contributed by atoms with Gasteiger partial charge < -0.3 is 10.2 Å². The van der Waals surface area contributed by atoms with Gasteiger partial charge in [-0.1, -0.05) is 54.6 Å². The van der Waals surface area contributed by atoms with Crippen LogP contribution >= 0.6 is 0 Å². The molecular weight excluding hydrogens is 406 g/mol. The normalized spacial score (nSPS) is 18.3. The van der Waals surface area contributed by atoms with Gasteiger partial charge in [-0.2, -0.15) is 0 Å². The van der Waals surface area contributed by atoms with Gasteiger partial charge in [0.15, 0.2) is 0 Å². The summed E-state index contributed by atoms with van der Waals surface area (Å²) in [6.45, 7) is 3.20. The second-order valence-corrected chi connectivity index (χ2v) is 8.24. The Kier molecular flexibility index (Phi) is 6.20. The number of nitrogens with one attached hydrogen (secondary N) is 3. The highest BCUT2D eigenvalue weighted by atomic mass is 16.2. The van der Waals surface area contributed by atoms with Crippen molar-refractivity contribution in [3.8, 4) is 11.1 Å². The molecule has 2 amide bonds. The van der Waals surface area contributed by atoms with Crippen molar-refractivity contribution < 1.29 is 9.59 Å². The number of piperidine rings is 1. The number of rotatable bonds is 6. The van der Waals surface area contributed by atoms with Crippen molar-refractivity contribution in [2.24, 2.45) is 5.41 Å². The summed E-state index contributed by atoms with van der Waals surface area (Å²) in [7, 11) is 0. The van der Waals surface area contributed by atoms with Crippen LogP contribution < -0.4 is 11.0 Å². The molecule has 32 heavy (non-hydrogen) atoms. The largest absolute Gasteiger partial charge is 0.356 e. The van der Waals surface area contributed by atoms with Gasteiger partial charge in [0, 0.05) is 19.6 Å². The van der Waals surface area contributed by atoms with Gasteiger partial charge in [-0.3, -0.25) is 14.6 Å². The van der Waals surface area contributed by atoms with Crippen LogP contribution in [-0.4, -0.2) is 51.5 Å². The molecule has 0 radical (unpaired) electrons. The van der Waals surface area contributed by atoms with E-state index < -0.39 is 11.1 Å². The van der Waals surface area contributed by atoms with Gasteiger partial charge in [0.05, 0.1) is 5.41 Å². The summed E-state index contributed by atoms with van der Waals surface area (Å²) < 4.78 is 0. The van der Waals surface area contributed by atoms with Gasteiger partial charge in [-0.05, 0) is 42.9 Å². The lowest BCUT2D eigenvalue weighted by Crippen LogP contribution is -2.54. The summed E-state index contributed by atoms with van der Waals surface area (Å²) >= 11 is 0. The molecule has 2 heterocycles. The van der Waals surface area contributed by atoms with Gasteiger partial charge in [0.2, 0.25) is 11.7 Å². The summed E-state index contributed by atoms with van der Waals surface area (Å²) in [5, 5.41) is 8.94. The van der Waals surface area contributed by atoms with Gasteiger partial charge in [-0.25, -0.2) is 9.89 Å². The molecule has 1 fully saturated rings. The summed E-state index contributed by atoms with van der Waals surface area (Å²) in [6, 6.07) is 18.4. The van der Waals surface area contributed by atoms with E-state index in [0.717, 1.165) is 16.7 Å². The number of nitrogens with zero attached hydrogens (tertiary/aromatic N) is 2. The van der Waals surface area contributed by atoms with Crippen molar-refractivity contribution in [2.45, 2.75) is 26.2 Å². The highest BCUT2D eigenvalue weighted by Gasteiger charge is 2.43. The molecule has 1 atom stereocenters. The Hall–Kier alpha value is -3.68. The molecule has 0 bridgehead atoms. The van der Waals surface area contributed by atoms with E-state index in [9.17, 15) is 14.4 Å². The average Bonchev–Trinajstić information content (AvgIpc) is 3.26. The van der Waals surface area contributed by atoms with Crippen LogP contribution in [0.25, 0.3) is 11.1 Å². The molecule has 0 aliphatic carbocycles. The number of benzene rings is 2. The molecule has 8 nitrogen and oxygen atoms in total. The number of likely N-dealkylation sites (tertiary alicyclic amines) is 1. The number of aromatic amines is 2. The lowest BCUT2D eigenvalue weighted by atomic mass is 9.74. The van der Waals surface area contributed by atoms with Crippen molar-refractivity contribution in [2.75, 3.05) is 19.6 Å². The molecule has 3 aromatic rings. The second-order valence-electron chi connectivity index (χ2n) is 8.24. The Balaban J connectivity index is 1.58. The molecule has 8 heteroatoms. The fourth-order valence-corrected chi connectivity index (χ4v) is 4.42. The lowest BCUT2D eigenvalue weighted by Gasteiger charge is -2.41. The monoisotopic (exact) mass is 433 g/mol. The molecule has 4 rings (SSSR count).